The first-order valence-electron chi connectivity index (χ1n) is 10.9. The van der Waals surface area contributed by atoms with Crippen molar-refractivity contribution in [2.45, 2.75) is 50.7 Å². The molecule has 1 atom stereocenters. The molecule has 0 saturated heterocycles. The molecule has 0 spiro atoms. The molecule has 1 fully saturated rings. The Bertz CT molecular complexity index is 1090. The highest BCUT2D eigenvalue weighted by Gasteiger charge is 2.39. The number of amides is 2. The zero-order valence-corrected chi connectivity index (χ0v) is 17.3. The van der Waals surface area contributed by atoms with Gasteiger partial charge in [0.1, 0.15) is 6.04 Å². The Labute approximate surface area is 181 Å². The summed E-state index contributed by atoms with van der Waals surface area (Å²) in [6, 6.07) is 16.7. The average molecular weight is 415 g/mol. The topological polar surface area (TPSA) is 80.1 Å². The fourth-order valence-corrected chi connectivity index (χ4v) is 4.66. The lowest BCUT2D eigenvalue weighted by Crippen LogP contribution is -2.46. The second-order valence-corrected chi connectivity index (χ2v) is 8.25. The van der Waals surface area contributed by atoms with Crippen molar-refractivity contribution in [2.75, 3.05) is 0 Å². The molecule has 5 rings (SSSR count). The average Bonchev–Trinajstić information content (AvgIpc) is 3.26. The summed E-state index contributed by atoms with van der Waals surface area (Å²) >= 11 is 0. The molecule has 3 aromatic rings. The highest BCUT2D eigenvalue weighted by molar-refractivity contribution is 5.98. The van der Waals surface area contributed by atoms with E-state index in [9.17, 15) is 9.59 Å². The van der Waals surface area contributed by atoms with Gasteiger partial charge in [-0.1, -0.05) is 73.0 Å². The lowest BCUT2D eigenvalue weighted by molar-refractivity contribution is -0.127. The van der Waals surface area contributed by atoms with Gasteiger partial charge in [0.25, 0.3) is 5.91 Å². The Hall–Kier alpha value is -3.48. The van der Waals surface area contributed by atoms with Gasteiger partial charge in [0.2, 0.25) is 5.91 Å². The molecule has 31 heavy (non-hydrogen) atoms. The zero-order chi connectivity index (χ0) is 21.2. The van der Waals surface area contributed by atoms with E-state index in [1.807, 2.05) is 54.6 Å². The van der Waals surface area contributed by atoms with Gasteiger partial charge in [-0.15, -0.1) is 5.10 Å². The maximum Gasteiger partial charge on any atom is 0.275 e. The van der Waals surface area contributed by atoms with E-state index in [-0.39, 0.29) is 17.9 Å². The van der Waals surface area contributed by atoms with Crippen molar-refractivity contribution in [1.82, 2.24) is 25.2 Å². The predicted molar refractivity (Wildman–Crippen MR) is 115 cm³/mol. The maximum absolute atomic E-state index is 13.7. The van der Waals surface area contributed by atoms with Gasteiger partial charge in [-0.3, -0.25) is 9.59 Å². The molecule has 7 nitrogen and oxygen atoms in total. The number of rotatable bonds is 4. The number of benzene rings is 2. The lowest BCUT2D eigenvalue weighted by atomic mass is 9.94. The van der Waals surface area contributed by atoms with Crippen LogP contribution in [0.5, 0.6) is 0 Å². The second-order valence-electron chi connectivity index (χ2n) is 8.25. The minimum atomic E-state index is -0.743. The number of hydrogen-bond donors (Lipinski definition) is 1. The van der Waals surface area contributed by atoms with E-state index < -0.39 is 6.04 Å². The van der Waals surface area contributed by atoms with Crippen LogP contribution in [0.1, 0.15) is 59.8 Å². The van der Waals surface area contributed by atoms with E-state index in [0.717, 1.165) is 36.8 Å². The first-order chi connectivity index (χ1) is 15.2. The minimum Gasteiger partial charge on any atom is -0.351 e. The summed E-state index contributed by atoms with van der Waals surface area (Å²) in [6.07, 6.45) is 6.90. The van der Waals surface area contributed by atoms with E-state index in [4.69, 9.17) is 0 Å². The number of para-hydroxylation sites is 1. The Morgan fingerprint density at radius 3 is 2.55 bits per heavy atom. The molecule has 7 heteroatoms. The quantitative estimate of drug-likeness (QED) is 0.708. The van der Waals surface area contributed by atoms with Crippen LogP contribution >= 0.6 is 0 Å². The van der Waals surface area contributed by atoms with Crippen molar-refractivity contribution in [1.29, 1.82) is 0 Å². The number of hydrogen-bond acceptors (Lipinski definition) is 4. The van der Waals surface area contributed by atoms with Gasteiger partial charge >= 0.3 is 0 Å². The van der Waals surface area contributed by atoms with Crippen LogP contribution in [0, 0.1) is 0 Å². The minimum absolute atomic E-state index is 0.137. The molecule has 158 valence electrons. The third-order valence-electron chi connectivity index (χ3n) is 6.20. The summed E-state index contributed by atoms with van der Waals surface area (Å²) in [5.74, 6) is -0.392. The van der Waals surface area contributed by atoms with Gasteiger partial charge in [-0.05, 0) is 24.5 Å². The van der Waals surface area contributed by atoms with E-state index >= 15 is 0 Å². The van der Waals surface area contributed by atoms with Crippen LogP contribution in [0.25, 0.3) is 5.69 Å². The van der Waals surface area contributed by atoms with Gasteiger partial charge in [-0.25, -0.2) is 4.68 Å². The summed E-state index contributed by atoms with van der Waals surface area (Å²) in [6.45, 7) is 0.321. The molecule has 0 bridgehead atoms. The van der Waals surface area contributed by atoms with Gasteiger partial charge in [0.05, 0.1) is 11.9 Å². The number of nitrogens with one attached hydrogen (secondary N) is 1. The van der Waals surface area contributed by atoms with Gasteiger partial charge in [0.15, 0.2) is 5.69 Å². The van der Waals surface area contributed by atoms with Crippen LogP contribution in [0.15, 0.2) is 60.8 Å². The van der Waals surface area contributed by atoms with Crippen molar-refractivity contribution in [3.05, 3.63) is 77.6 Å². The van der Waals surface area contributed by atoms with E-state index in [1.54, 1.807) is 9.58 Å². The first-order valence-corrected chi connectivity index (χ1v) is 10.9. The fourth-order valence-electron chi connectivity index (χ4n) is 4.66. The van der Waals surface area contributed by atoms with Crippen LogP contribution in [-0.4, -0.2) is 37.7 Å². The Balaban J connectivity index is 1.59. The van der Waals surface area contributed by atoms with Crippen molar-refractivity contribution in [2.24, 2.45) is 0 Å². The Morgan fingerprint density at radius 1 is 1.00 bits per heavy atom. The fraction of sp³-hybridized carbons (Fsp3) is 0.333. The van der Waals surface area contributed by atoms with E-state index in [1.165, 1.54) is 12.6 Å². The summed E-state index contributed by atoms with van der Waals surface area (Å²) in [5, 5.41) is 11.3. The smallest absolute Gasteiger partial charge is 0.275 e. The third-order valence-corrected chi connectivity index (χ3v) is 6.20. The lowest BCUT2D eigenvalue weighted by Gasteiger charge is -2.32. The monoisotopic (exact) mass is 415 g/mol. The van der Waals surface area contributed by atoms with Crippen LogP contribution < -0.4 is 5.32 Å². The second kappa shape index (κ2) is 8.34. The summed E-state index contributed by atoms with van der Waals surface area (Å²) in [4.78, 5) is 28.9. The summed E-state index contributed by atoms with van der Waals surface area (Å²) in [7, 11) is 0. The van der Waals surface area contributed by atoms with Crippen LogP contribution in [0.2, 0.25) is 0 Å². The molecule has 2 aliphatic rings. The van der Waals surface area contributed by atoms with Crippen LogP contribution in [0.3, 0.4) is 0 Å². The normalized spacial score (nSPS) is 18.8. The number of aromatic nitrogens is 3. The van der Waals surface area contributed by atoms with E-state index in [0.29, 0.717) is 17.9 Å². The predicted octanol–water partition coefficient (Wildman–Crippen LogP) is 3.41. The molecule has 1 saturated carbocycles. The molecule has 0 radical (unpaired) electrons. The van der Waals surface area contributed by atoms with Crippen LogP contribution in [0.4, 0.5) is 0 Å². The molecule has 1 aliphatic heterocycles. The highest BCUT2D eigenvalue weighted by Crippen LogP contribution is 2.34. The summed E-state index contributed by atoms with van der Waals surface area (Å²) < 4.78 is 1.55. The van der Waals surface area contributed by atoms with Crippen molar-refractivity contribution < 1.29 is 9.59 Å². The van der Waals surface area contributed by atoms with E-state index in [2.05, 4.69) is 15.6 Å². The Morgan fingerprint density at radius 2 is 1.74 bits per heavy atom. The van der Waals surface area contributed by atoms with Crippen molar-refractivity contribution >= 4 is 11.8 Å². The molecular weight excluding hydrogens is 390 g/mol. The number of carbonyl (C=O) groups excluding carboxylic acids is 2. The van der Waals surface area contributed by atoms with Crippen molar-refractivity contribution in [3.8, 4) is 5.69 Å². The first kappa shape index (κ1) is 19.5. The summed E-state index contributed by atoms with van der Waals surface area (Å²) in [5.41, 5.74) is 2.79. The number of nitrogens with zero attached hydrogens (tertiary/aromatic N) is 4. The zero-order valence-electron chi connectivity index (χ0n) is 17.3. The Kier molecular flexibility index (Phi) is 5.24. The third kappa shape index (κ3) is 3.71. The molecular formula is C24H25N5O2. The molecule has 1 aliphatic carbocycles. The SMILES string of the molecule is O=C(NC1CCCCC1)C1c2ccccc2-n2nncc2C(=O)N1Cc1ccccc1. The molecule has 1 aromatic heterocycles. The van der Waals surface area contributed by atoms with Gasteiger partial charge in [0, 0.05) is 18.2 Å². The molecule has 2 amide bonds. The standard InChI is InChI=1S/C24H25N5O2/c30-23(26-18-11-5-2-6-12-18)22-19-13-7-8-14-20(19)29-21(15-25-27-29)24(31)28(22)16-17-9-3-1-4-10-17/h1,3-4,7-10,13-15,18,22H,2,5-6,11-12,16H2,(H,26,30). The van der Waals surface area contributed by atoms with Gasteiger partial charge in [-0.2, -0.15) is 0 Å². The molecule has 2 heterocycles. The number of fused-ring (bicyclic) bond motifs is 3. The van der Waals surface area contributed by atoms with Crippen molar-refractivity contribution in [3.63, 3.8) is 0 Å². The van der Waals surface area contributed by atoms with Gasteiger partial charge < -0.3 is 10.2 Å². The molecule has 1 N–H and O–H groups in total. The highest BCUT2D eigenvalue weighted by atomic mass is 16.2. The molecule has 2 aromatic carbocycles. The maximum atomic E-state index is 13.7. The number of carbonyl (C=O) groups is 2. The molecule has 1 unspecified atom stereocenters. The largest absolute Gasteiger partial charge is 0.351 e. The van der Waals surface area contributed by atoms with Crippen LogP contribution in [-0.2, 0) is 11.3 Å².